The second kappa shape index (κ2) is 3.57. The molecule has 0 amide bonds. The smallest absolute Gasteiger partial charge is 0.314 e. The third-order valence-corrected chi connectivity index (χ3v) is 2.20. The average molecular weight is 201 g/mol. The van der Waals surface area contributed by atoms with Crippen molar-refractivity contribution in [2.75, 3.05) is 26.7 Å². The highest BCUT2D eigenvalue weighted by Crippen LogP contribution is 2.17. The second-order valence-electron chi connectivity index (χ2n) is 3.09. The minimum absolute atomic E-state index is 0.0424. The van der Waals surface area contributed by atoms with Crippen molar-refractivity contribution in [2.45, 2.75) is 6.10 Å². The van der Waals surface area contributed by atoms with Crippen LogP contribution in [0, 0.1) is 4.84 Å². The van der Waals surface area contributed by atoms with E-state index in [-0.39, 0.29) is 10.9 Å². The van der Waals surface area contributed by atoms with Crippen molar-refractivity contribution >= 4 is 12.2 Å². The molecular weight excluding hydrogens is 190 g/mol. The number of aromatic amines is 1. The molecule has 1 aromatic rings. The van der Waals surface area contributed by atoms with E-state index in [1.807, 2.05) is 7.05 Å². The van der Waals surface area contributed by atoms with Gasteiger partial charge in [0.25, 0.3) is 0 Å². The molecule has 2 rings (SSSR count). The zero-order chi connectivity index (χ0) is 9.26. The Labute approximate surface area is 80.7 Å². The van der Waals surface area contributed by atoms with Gasteiger partial charge in [0.05, 0.1) is 6.61 Å². The monoisotopic (exact) mass is 201 g/mol. The Kier molecular flexibility index (Phi) is 2.43. The van der Waals surface area contributed by atoms with E-state index in [2.05, 4.69) is 15.0 Å². The summed E-state index contributed by atoms with van der Waals surface area (Å²) in [5, 5.41) is 2.65. The van der Waals surface area contributed by atoms with Crippen LogP contribution in [0.2, 0.25) is 0 Å². The molecule has 0 saturated carbocycles. The van der Waals surface area contributed by atoms with Crippen LogP contribution in [-0.4, -0.2) is 41.8 Å². The second-order valence-corrected chi connectivity index (χ2v) is 3.44. The zero-order valence-electron chi connectivity index (χ0n) is 7.32. The molecule has 0 spiro atoms. The summed E-state index contributed by atoms with van der Waals surface area (Å²) in [5.41, 5.74) is 0. The molecule has 6 heteroatoms. The molecule has 1 fully saturated rings. The van der Waals surface area contributed by atoms with Crippen LogP contribution in [0.25, 0.3) is 0 Å². The summed E-state index contributed by atoms with van der Waals surface area (Å²) in [6.07, 6.45) is -0.0424. The van der Waals surface area contributed by atoms with Gasteiger partial charge in [0.15, 0.2) is 5.82 Å². The number of hydrogen-bond donors (Lipinski definition) is 1. The molecule has 0 radical (unpaired) electrons. The van der Waals surface area contributed by atoms with Gasteiger partial charge in [-0.1, -0.05) is 0 Å². The number of nitrogens with one attached hydrogen (secondary N) is 1. The Morgan fingerprint density at radius 1 is 1.69 bits per heavy atom. The molecule has 72 valence electrons. The molecule has 13 heavy (non-hydrogen) atoms. The average Bonchev–Trinajstić information content (AvgIpc) is 2.52. The Balaban J connectivity index is 2.12. The van der Waals surface area contributed by atoms with Gasteiger partial charge in [0, 0.05) is 13.1 Å². The molecule has 0 aliphatic carbocycles. The van der Waals surface area contributed by atoms with E-state index in [1.165, 1.54) is 0 Å². The molecule has 1 N–H and O–H groups in total. The van der Waals surface area contributed by atoms with E-state index in [9.17, 15) is 0 Å². The van der Waals surface area contributed by atoms with Gasteiger partial charge >= 0.3 is 4.84 Å². The molecule has 1 saturated heterocycles. The van der Waals surface area contributed by atoms with Crippen LogP contribution in [0.4, 0.5) is 0 Å². The summed E-state index contributed by atoms with van der Waals surface area (Å²) < 4.78 is 10.3. The lowest BCUT2D eigenvalue weighted by atomic mass is 10.3. The van der Waals surface area contributed by atoms with Gasteiger partial charge in [-0.2, -0.15) is 4.98 Å². The highest BCUT2D eigenvalue weighted by molar-refractivity contribution is 7.71. The van der Waals surface area contributed by atoms with E-state index >= 15 is 0 Å². The predicted molar refractivity (Wildman–Crippen MR) is 47.9 cm³/mol. The Hall–Kier alpha value is -0.720. The predicted octanol–water partition coefficient (Wildman–Crippen LogP) is 0.735. The number of H-pyrrole nitrogens is 1. The zero-order valence-corrected chi connectivity index (χ0v) is 8.13. The molecule has 0 aromatic carbocycles. The van der Waals surface area contributed by atoms with Gasteiger partial charge in [0.1, 0.15) is 6.10 Å². The lowest BCUT2D eigenvalue weighted by Gasteiger charge is -2.28. The van der Waals surface area contributed by atoms with Gasteiger partial charge in [-0.25, -0.2) is 5.16 Å². The molecule has 1 aliphatic rings. The fraction of sp³-hybridized carbons (Fsp3) is 0.714. The summed E-state index contributed by atoms with van der Waals surface area (Å²) in [5.74, 6) is 0.677. The lowest BCUT2D eigenvalue weighted by Crippen LogP contribution is -2.35. The minimum atomic E-state index is -0.0424. The van der Waals surface area contributed by atoms with E-state index in [0.29, 0.717) is 12.4 Å². The first-order valence-corrected chi connectivity index (χ1v) is 4.52. The largest absolute Gasteiger partial charge is 0.367 e. The lowest BCUT2D eigenvalue weighted by molar-refractivity contribution is -0.0264. The van der Waals surface area contributed by atoms with Crippen molar-refractivity contribution in [1.29, 1.82) is 0 Å². The first kappa shape index (κ1) is 8.86. The third kappa shape index (κ3) is 1.96. The maximum atomic E-state index is 5.51. The SMILES string of the molecule is CN1CCOC(c2nc(=S)o[nH]2)C1. The van der Waals surface area contributed by atoms with Crippen molar-refractivity contribution < 1.29 is 9.26 Å². The van der Waals surface area contributed by atoms with E-state index in [0.717, 1.165) is 13.1 Å². The maximum absolute atomic E-state index is 5.51. The summed E-state index contributed by atoms with van der Waals surface area (Å²) >= 11 is 4.75. The van der Waals surface area contributed by atoms with Crippen molar-refractivity contribution in [3.05, 3.63) is 10.7 Å². The Morgan fingerprint density at radius 3 is 3.15 bits per heavy atom. The summed E-state index contributed by atoms with van der Waals surface area (Å²) in [4.78, 5) is 6.42. The summed E-state index contributed by atoms with van der Waals surface area (Å²) in [6, 6.07) is 0. The van der Waals surface area contributed by atoms with Crippen LogP contribution in [0.3, 0.4) is 0 Å². The highest BCUT2D eigenvalue weighted by Gasteiger charge is 2.22. The number of morpholine rings is 1. The number of aromatic nitrogens is 2. The number of likely N-dealkylation sites (N-methyl/N-ethyl adjacent to an activating group) is 1. The van der Waals surface area contributed by atoms with Gasteiger partial charge in [-0.3, -0.25) is 0 Å². The summed E-state index contributed by atoms with van der Waals surface area (Å²) in [7, 11) is 2.05. The van der Waals surface area contributed by atoms with Crippen LogP contribution >= 0.6 is 12.2 Å². The maximum Gasteiger partial charge on any atom is 0.314 e. The molecule has 1 atom stereocenters. The minimum Gasteiger partial charge on any atom is -0.367 e. The van der Waals surface area contributed by atoms with E-state index < -0.39 is 0 Å². The van der Waals surface area contributed by atoms with Crippen molar-refractivity contribution in [2.24, 2.45) is 0 Å². The number of ether oxygens (including phenoxy) is 1. The van der Waals surface area contributed by atoms with E-state index in [4.69, 9.17) is 21.5 Å². The number of rotatable bonds is 1. The molecule has 5 nitrogen and oxygen atoms in total. The quantitative estimate of drug-likeness (QED) is 0.679. The fourth-order valence-corrected chi connectivity index (χ4v) is 1.46. The van der Waals surface area contributed by atoms with Crippen molar-refractivity contribution in [3.8, 4) is 0 Å². The topological polar surface area (TPSA) is 54.3 Å². The standard InChI is InChI=1S/C7H11N3O2S/c1-10-2-3-11-5(4-10)6-8-7(13)12-9-6/h5H,2-4H2,1H3,(H,8,9,13). The molecule has 1 unspecified atom stereocenters. The Morgan fingerprint density at radius 2 is 2.54 bits per heavy atom. The molecular formula is C7H11N3O2S. The van der Waals surface area contributed by atoms with E-state index in [1.54, 1.807) is 0 Å². The van der Waals surface area contributed by atoms with Gasteiger partial charge < -0.3 is 14.2 Å². The molecule has 1 aromatic heterocycles. The first-order valence-electron chi connectivity index (χ1n) is 4.11. The Bertz CT molecular complexity index is 334. The first-order chi connectivity index (χ1) is 6.25. The highest BCUT2D eigenvalue weighted by atomic mass is 32.1. The van der Waals surface area contributed by atoms with Crippen molar-refractivity contribution in [1.82, 2.24) is 15.0 Å². The normalized spacial score (nSPS) is 24.8. The van der Waals surface area contributed by atoms with Crippen LogP contribution < -0.4 is 0 Å². The van der Waals surface area contributed by atoms with Gasteiger partial charge in [-0.05, 0) is 19.3 Å². The van der Waals surface area contributed by atoms with Crippen LogP contribution in [0.5, 0.6) is 0 Å². The molecule has 1 aliphatic heterocycles. The van der Waals surface area contributed by atoms with Crippen LogP contribution in [0.15, 0.2) is 4.52 Å². The third-order valence-electron chi connectivity index (χ3n) is 2.03. The van der Waals surface area contributed by atoms with Crippen LogP contribution in [0.1, 0.15) is 11.9 Å². The van der Waals surface area contributed by atoms with Gasteiger partial charge in [0.2, 0.25) is 0 Å². The summed E-state index contributed by atoms with van der Waals surface area (Å²) in [6.45, 7) is 2.49. The van der Waals surface area contributed by atoms with Gasteiger partial charge in [-0.15, -0.1) is 0 Å². The molecule has 2 heterocycles. The number of hydrogen-bond acceptors (Lipinski definition) is 5. The van der Waals surface area contributed by atoms with Crippen molar-refractivity contribution in [3.63, 3.8) is 0 Å². The number of nitrogens with zero attached hydrogens (tertiary/aromatic N) is 2. The van der Waals surface area contributed by atoms with Crippen LogP contribution in [-0.2, 0) is 4.74 Å². The fourth-order valence-electron chi connectivity index (χ4n) is 1.32. The molecule has 0 bridgehead atoms.